The van der Waals surface area contributed by atoms with Crippen LogP contribution in [0.15, 0.2) is 24.3 Å². The fraction of sp³-hybridized carbons (Fsp3) is 0.0625. The standard InChI is InChI=1S/C16H7F5O3S/c17-9-7(10(18)12(20)13(21)11(9)19)5-24-14-6-3-1-2-4-8(6)25-15(14)16(22)23/h1-4H,5H2,(H,22,23). The zero-order valence-electron chi connectivity index (χ0n) is 12.1. The van der Waals surface area contributed by atoms with Crippen molar-refractivity contribution >= 4 is 27.4 Å². The van der Waals surface area contributed by atoms with Crippen LogP contribution >= 0.6 is 11.3 Å². The highest BCUT2D eigenvalue weighted by atomic mass is 32.1. The molecule has 0 saturated carbocycles. The van der Waals surface area contributed by atoms with Gasteiger partial charge in [0.2, 0.25) is 5.82 Å². The molecule has 0 saturated heterocycles. The van der Waals surface area contributed by atoms with E-state index < -0.39 is 47.2 Å². The number of carboxylic acids is 1. The number of carbonyl (C=O) groups is 1. The second-order valence-electron chi connectivity index (χ2n) is 4.90. The molecule has 0 fully saturated rings. The molecule has 3 aromatic rings. The molecule has 9 heteroatoms. The van der Waals surface area contributed by atoms with Gasteiger partial charge in [-0.1, -0.05) is 12.1 Å². The number of hydrogen-bond donors (Lipinski definition) is 1. The lowest BCUT2D eigenvalue weighted by Gasteiger charge is -2.10. The van der Waals surface area contributed by atoms with Crippen LogP contribution in [0.3, 0.4) is 0 Å². The summed E-state index contributed by atoms with van der Waals surface area (Å²) in [5.74, 6) is -12.0. The van der Waals surface area contributed by atoms with Crippen molar-refractivity contribution in [3.05, 3.63) is 63.8 Å². The Kier molecular flexibility index (Phi) is 4.34. The Labute approximate surface area is 140 Å². The summed E-state index contributed by atoms with van der Waals surface area (Å²) in [5, 5.41) is 9.57. The maximum atomic E-state index is 13.7. The zero-order chi connectivity index (χ0) is 18.3. The fourth-order valence-electron chi connectivity index (χ4n) is 2.23. The number of ether oxygens (including phenoxy) is 1. The molecule has 0 bridgehead atoms. The molecule has 0 spiro atoms. The van der Waals surface area contributed by atoms with Gasteiger partial charge in [0.25, 0.3) is 0 Å². The monoisotopic (exact) mass is 374 g/mol. The SMILES string of the molecule is O=C(O)c1sc2ccccc2c1OCc1c(F)c(F)c(F)c(F)c1F. The van der Waals surface area contributed by atoms with E-state index in [9.17, 15) is 31.9 Å². The Morgan fingerprint density at radius 2 is 1.52 bits per heavy atom. The van der Waals surface area contributed by atoms with Crippen LogP contribution in [0.25, 0.3) is 10.1 Å². The average molecular weight is 374 g/mol. The van der Waals surface area contributed by atoms with E-state index in [0.29, 0.717) is 10.1 Å². The minimum atomic E-state index is -2.27. The highest BCUT2D eigenvalue weighted by Crippen LogP contribution is 2.38. The third kappa shape index (κ3) is 2.80. The molecule has 1 heterocycles. The lowest BCUT2D eigenvalue weighted by atomic mass is 10.1. The first-order valence-corrected chi connectivity index (χ1v) is 7.52. The minimum absolute atomic E-state index is 0.197. The molecule has 1 N–H and O–H groups in total. The number of fused-ring (bicyclic) bond motifs is 1. The molecule has 3 rings (SSSR count). The summed E-state index contributed by atoms with van der Waals surface area (Å²) in [5.41, 5.74) is -1.18. The molecule has 1 aromatic heterocycles. The Balaban J connectivity index is 2.05. The first-order valence-electron chi connectivity index (χ1n) is 6.70. The quantitative estimate of drug-likeness (QED) is 0.403. The van der Waals surface area contributed by atoms with Crippen LogP contribution in [-0.2, 0) is 6.61 Å². The summed E-state index contributed by atoms with van der Waals surface area (Å²) < 4.78 is 72.5. The van der Waals surface area contributed by atoms with Gasteiger partial charge in [0.1, 0.15) is 6.61 Å². The summed E-state index contributed by atoms with van der Waals surface area (Å²) in [6.07, 6.45) is 0. The van der Waals surface area contributed by atoms with Gasteiger partial charge >= 0.3 is 5.97 Å². The summed E-state index contributed by atoms with van der Waals surface area (Å²) in [6.45, 7) is -1.02. The largest absolute Gasteiger partial charge is 0.486 e. The van der Waals surface area contributed by atoms with Crippen molar-refractivity contribution in [1.82, 2.24) is 0 Å². The van der Waals surface area contributed by atoms with E-state index >= 15 is 0 Å². The lowest BCUT2D eigenvalue weighted by molar-refractivity contribution is 0.0697. The van der Waals surface area contributed by atoms with E-state index in [2.05, 4.69) is 0 Å². The van der Waals surface area contributed by atoms with Gasteiger partial charge < -0.3 is 9.84 Å². The molecule has 0 unspecified atom stereocenters. The molecular weight excluding hydrogens is 367 g/mol. The number of halogens is 5. The smallest absolute Gasteiger partial charge is 0.349 e. The molecule has 0 aliphatic rings. The minimum Gasteiger partial charge on any atom is -0.486 e. The Bertz CT molecular complexity index is 970. The van der Waals surface area contributed by atoms with Gasteiger partial charge in [0, 0.05) is 10.1 Å². The molecule has 25 heavy (non-hydrogen) atoms. The van der Waals surface area contributed by atoms with E-state index in [-0.39, 0.29) is 10.6 Å². The maximum Gasteiger partial charge on any atom is 0.349 e. The average Bonchev–Trinajstić information content (AvgIpc) is 2.97. The van der Waals surface area contributed by atoms with Gasteiger partial charge in [-0.05, 0) is 12.1 Å². The zero-order valence-corrected chi connectivity index (χ0v) is 12.9. The van der Waals surface area contributed by atoms with Crippen molar-refractivity contribution in [2.24, 2.45) is 0 Å². The van der Waals surface area contributed by atoms with Crippen molar-refractivity contribution in [2.75, 3.05) is 0 Å². The third-order valence-electron chi connectivity index (χ3n) is 3.41. The van der Waals surface area contributed by atoms with Crippen molar-refractivity contribution in [3.63, 3.8) is 0 Å². The summed E-state index contributed by atoms with van der Waals surface area (Å²) in [4.78, 5) is 11.1. The predicted octanol–water partition coefficient (Wildman–Crippen LogP) is 4.87. The molecular formula is C16H7F5O3S. The summed E-state index contributed by atoms with van der Waals surface area (Å²) >= 11 is 0.864. The van der Waals surface area contributed by atoms with Gasteiger partial charge in [-0.3, -0.25) is 0 Å². The lowest BCUT2D eigenvalue weighted by Crippen LogP contribution is -2.10. The van der Waals surface area contributed by atoms with Gasteiger partial charge in [-0.15, -0.1) is 11.3 Å². The first kappa shape index (κ1) is 17.2. The topological polar surface area (TPSA) is 46.5 Å². The normalized spacial score (nSPS) is 11.1. The number of hydrogen-bond acceptors (Lipinski definition) is 3. The molecule has 0 aliphatic heterocycles. The van der Waals surface area contributed by atoms with E-state index in [1.165, 1.54) is 6.07 Å². The van der Waals surface area contributed by atoms with Crippen LogP contribution in [0, 0.1) is 29.1 Å². The number of aromatic carboxylic acids is 1. The van der Waals surface area contributed by atoms with Crippen LogP contribution < -0.4 is 4.74 Å². The Morgan fingerprint density at radius 3 is 2.12 bits per heavy atom. The number of benzene rings is 2. The number of thiophene rings is 1. The van der Waals surface area contributed by atoms with E-state index in [1.54, 1.807) is 18.2 Å². The van der Waals surface area contributed by atoms with Gasteiger partial charge in [-0.25, -0.2) is 26.7 Å². The van der Waals surface area contributed by atoms with E-state index in [0.717, 1.165) is 11.3 Å². The first-order chi connectivity index (χ1) is 11.8. The van der Waals surface area contributed by atoms with Crippen molar-refractivity contribution in [2.45, 2.75) is 6.61 Å². The number of rotatable bonds is 4. The molecule has 2 aromatic carbocycles. The Morgan fingerprint density at radius 1 is 0.960 bits per heavy atom. The molecule has 0 radical (unpaired) electrons. The highest BCUT2D eigenvalue weighted by molar-refractivity contribution is 7.21. The second-order valence-corrected chi connectivity index (χ2v) is 5.95. The predicted molar refractivity (Wildman–Crippen MR) is 79.3 cm³/mol. The van der Waals surface area contributed by atoms with E-state index in [4.69, 9.17) is 4.74 Å². The van der Waals surface area contributed by atoms with Crippen molar-refractivity contribution < 1.29 is 36.6 Å². The van der Waals surface area contributed by atoms with Crippen molar-refractivity contribution in [1.29, 1.82) is 0 Å². The molecule has 0 aliphatic carbocycles. The van der Waals surface area contributed by atoms with Gasteiger partial charge in [0.05, 0.1) is 5.56 Å². The molecule has 0 amide bonds. The fourth-order valence-corrected chi connectivity index (χ4v) is 3.21. The molecule has 3 nitrogen and oxygen atoms in total. The van der Waals surface area contributed by atoms with Gasteiger partial charge in [-0.2, -0.15) is 0 Å². The van der Waals surface area contributed by atoms with Crippen LogP contribution in [0.1, 0.15) is 15.2 Å². The van der Waals surface area contributed by atoms with Crippen LogP contribution in [0.2, 0.25) is 0 Å². The molecule has 0 atom stereocenters. The van der Waals surface area contributed by atoms with E-state index in [1.807, 2.05) is 0 Å². The third-order valence-corrected chi connectivity index (χ3v) is 4.55. The summed E-state index contributed by atoms with van der Waals surface area (Å²) in [6, 6.07) is 6.37. The maximum absolute atomic E-state index is 13.7. The van der Waals surface area contributed by atoms with Crippen LogP contribution in [-0.4, -0.2) is 11.1 Å². The second kappa shape index (κ2) is 6.32. The van der Waals surface area contributed by atoms with Crippen LogP contribution in [0.4, 0.5) is 22.0 Å². The molecule has 130 valence electrons. The van der Waals surface area contributed by atoms with Crippen LogP contribution in [0.5, 0.6) is 5.75 Å². The highest BCUT2D eigenvalue weighted by Gasteiger charge is 2.27. The summed E-state index contributed by atoms with van der Waals surface area (Å²) in [7, 11) is 0. The van der Waals surface area contributed by atoms with Crippen molar-refractivity contribution in [3.8, 4) is 5.75 Å². The number of carboxylic acid groups (broad SMARTS) is 1. The Hall–Kier alpha value is -2.68. The van der Waals surface area contributed by atoms with Gasteiger partial charge in [0.15, 0.2) is 33.9 Å².